The van der Waals surface area contributed by atoms with Crippen LogP contribution in [0.3, 0.4) is 0 Å². The summed E-state index contributed by atoms with van der Waals surface area (Å²) >= 11 is 17.0. The molecule has 0 heterocycles. The number of nitrogens with one attached hydrogen (secondary N) is 4. The maximum absolute atomic E-state index is 14.3. The maximum atomic E-state index is 14.3. The lowest BCUT2D eigenvalue weighted by Crippen LogP contribution is -2.32. The molecule has 11 nitrogen and oxygen atoms in total. The number of halogens is 14. The average Bonchev–Trinajstić information content (AvgIpc) is 0.976. The van der Waals surface area contributed by atoms with Gasteiger partial charge in [-0.2, -0.15) is 0 Å². The van der Waals surface area contributed by atoms with E-state index in [1.54, 1.807) is 32.0 Å². The first-order valence-corrected chi connectivity index (χ1v) is 39.7. The maximum Gasteiger partial charge on any atom is 0.255 e. The highest BCUT2D eigenvalue weighted by molar-refractivity contribution is 8.00. The van der Waals surface area contributed by atoms with Gasteiger partial charge in [-0.25, -0.2) is 52.7 Å². The minimum absolute atomic E-state index is 0.0229. The fourth-order valence-corrected chi connectivity index (χ4v) is 17.3. The van der Waals surface area contributed by atoms with E-state index < -0.39 is 75.9 Å². The Morgan fingerprint density at radius 1 is 0.409 bits per heavy atom. The number of ketones is 1. The smallest absolute Gasteiger partial charge is 0.255 e. The van der Waals surface area contributed by atoms with Crippen molar-refractivity contribution in [1.82, 2.24) is 4.90 Å². The molecule has 0 radical (unpaired) electrons. The summed E-state index contributed by atoms with van der Waals surface area (Å²) in [6.45, 7) is 5.90. The molecular weight excluding hydrogens is 1570 g/mol. The number of hydrogen-bond donors (Lipinski definition) is 4. The zero-order valence-electron chi connectivity index (χ0n) is 60.3. The van der Waals surface area contributed by atoms with E-state index >= 15 is 0 Å². The number of hydrogen-bond acceptors (Lipinski definition) is 10. The molecule has 3 aliphatic rings. The highest BCUT2D eigenvalue weighted by Gasteiger charge is 2.31. The van der Waals surface area contributed by atoms with Crippen LogP contribution in [0.2, 0.25) is 10.0 Å². The molecule has 0 saturated heterocycles. The van der Waals surface area contributed by atoms with Crippen molar-refractivity contribution in [3.05, 3.63) is 236 Å². The Labute approximate surface area is 657 Å². The highest BCUT2D eigenvalue weighted by atomic mass is 35.5. The molecule has 5 amide bonds. The first-order valence-electron chi connectivity index (χ1n) is 35.3. The number of carbonyl (C=O) groups excluding carboxylic acids is 6. The predicted octanol–water partition coefficient (Wildman–Crippen LogP) is 23.7. The van der Waals surface area contributed by atoms with Crippen LogP contribution < -0.4 is 21.3 Å². The molecule has 11 rings (SSSR count). The van der Waals surface area contributed by atoms with Crippen LogP contribution in [0.4, 0.5) is 75.4 Å². The van der Waals surface area contributed by atoms with Crippen LogP contribution in [0, 0.1) is 87.6 Å². The molecule has 0 aliphatic heterocycles. The van der Waals surface area contributed by atoms with Crippen LogP contribution in [0.15, 0.2) is 153 Å². The van der Waals surface area contributed by atoms with Crippen LogP contribution in [0.5, 0.6) is 0 Å². The molecule has 3 aliphatic carbocycles. The molecule has 8 aromatic rings. The molecule has 0 bridgehead atoms. The van der Waals surface area contributed by atoms with Gasteiger partial charge in [0.1, 0.15) is 40.7 Å². The monoisotopic (exact) mass is 1640 g/mol. The van der Waals surface area contributed by atoms with Crippen molar-refractivity contribution >= 4 is 128 Å². The van der Waals surface area contributed by atoms with E-state index in [2.05, 4.69) is 35.1 Å². The molecule has 2 atom stereocenters. The Bertz CT molecular complexity index is 4570. The average molecular weight is 1650 g/mol. The summed E-state index contributed by atoms with van der Waals surface area (Å²) in [5.41, 5.74) is 1.20. The highest BCUT2D eigenvalue weighted by Crippen LogP contribution is 2.42. The minimum Gasteiger partial charge on any atom is -0.349 e. The van der Waals surface area contributed by atoms with Gasteiger partial charge in [-0.3, -0.25) is 24.0 Å². The standard InChI is InChI=1S/C22H22F4N2O2S.C21H20ClF2NO2S.C20H20ClF2NOS.C18H17F4NOS/c1-28(2)22(30)12-3-6-15(7-4-12)31-19-9-13(5-8-16(19)23)21(29)27-14-10-17(24)20(26)18(25)11-14;1-12(26)8-13-2-5-16(9-13)28-20-10-14(3-6-19(20)24)21(27)25-15-4-7-18(23)17(22)11-15;1-12-2-6-15(7-3-12)26-19-10-13(4-8-18(19)23)20(25)24-14-5-9-17(22)16(21)11-14;1-2-3-4-7-25-16-8-11(5-6-13(16)19)18(24)23-12-9-14(20)17(22)15(21)10-12/h5,8-12,15H,3-4,6-7H2,1-2H3,(H,27,29);3-4,6-7,10-11,13,16H,2,5,8-9H2,1H3,(H,25,27);4-5,8-12,15H,2-3,6-7H2,1H3,(H,24,25);5-6,8-10H,2-4,7H2,1H3,(H,23,24). The first kappa shape index (κ1) is 87.5. The molecule has 8 aromatic carbocycles. The van der Waals surface area contributed by atoms with Gasteiger partial charge in [-0.1, -0.05) is 49.9 Å². The summed E-state index contributed by atoms with van der Waals surface area (Å²) < 4.78 is 162. The second-order valence-corrected chi connectivity index (χ2v) is 32.8. The van der Waals surface area contributed by atoms with E-state index in [1.165, 1.54) is 144 Å². The zero-order valence-corrected chi connectivity index (χ0v) is 65.1. The fraction of sp³-hybridized carbons (Fsp3) is 0.333. The normalized spacial score (nSPS) is 17.2. The lowest BCUT2D eigenvalue weighted by molar-refractivity contribution is -0.133. The largest absolute Gasteiger partial charge is 0.349 e. The summed E-state index contributed by atoms with van der Waals surface area (Å²) in [5.74, 6) is -11.7. The van der Waals surface area contributed by atoms with E-state index in [4.69, 9.17) is 23.2 Å². The summed E-state index contributed by atoms with van der Waals surface area (Å²) in [7, 11) is 3.45. The predicted molar refractivity (Wildman–Crippen MR) is 413 cm³/mol. The Kier molecular flexibility index (Phi) is 33.4. The number of benzene rings is 8. The number of carbonyl (C=O) groups is 6. The molecule has 3 fully saturated rings. The Hall–Kier alpha value is -8.08. The Morgan fingerprint density at radius 2 is 0.755 bits per heavy atom. The summed E-state index contributed by atoms with van der Waals surface area (Å²) in [5, 5.41) is 10.4. The van der Waals surface area contributed by atoms with Gasteiger partial charge in [0.15, 0.2) is 34.9 Å². The van der Waals surface area contributed by atoms with Crippen molar-refractivity contribution in [1.29, 1.82) is 0 Å². The molecule has 3 saturated carbocycles. The second kappa shape index (κ2) is 42.0. The number of Topliss-reactive ketones (excluding diaryl/α,β-unsaturated/α-hetero) is 1. The molecular formula is C81H79Cl2F12N5O6S4. The van der Waals surface area contributed by atoms with E-state index in [0.29, 0.717) is 79.0 Å². The van der Waals surface area contributed by atoms with Gasteiger partial charge < -0.3 is 31.0 Å². The Morgan fingerprint density at radius 3 is 1.13 bits per heavy atom. The molecule has 110 heavy (non-hydrogen) atoms. The van der Waals surface area contributed by atoms with Gasteiger partial charge in [0.05, 0.1) is 10.0 Å². The van der Waals surface area contributed by atoms with Crippen molar-refractivity contribution in [3.63, 3.8) is 0 Å². The first-order chi connectivity index (χ1) is 52.3. The quantitative estimate of drug-likeness (QED) is 0.0223. The van der Waals surface area contributed by atoms with Gasteiger partial charge in [-0.05, 0) is 211 Å². The van der Waals surface area contributed by atoms with E-state index in [1.807, 2.05) is 0 Å². The summed E-state index contributed by atoms with van der Waals surface area (Å²) in [6.07, 6.45) is 13.7. The number of thioether (sulfide) groups is 4. The van der Waals surface area contributed by atoms with Gasteiger partial charge in [0.2, 0.25) is 5.91 Å². The zero-order chi connectivity index (χ0) is 80.0. The molecule has 0 aromatic heterocycles. The number of amides is 5. The lowest BCUT2D eigenvalue weighted by atomic mass is 9.88. The molecule has 0 spiro atoms. The Balaban J connectivity index is 0.000000185. The van der Waals surface area contributed by atoms with Crippen LogP contribution in [-0.4, -0.2) is 75.8 Å². The number of anilines is 4. The van der Waals surface area contributed by atoms with E-state index in [0.717, 1.165) is 108 Å². The molecule has 2 unspecified atom stereocenters. The second-order valence-electron chi connectivity index (χ2n) is 26.9. The van der Waals surface area contributed by atoms with Gasteiger partial charge in [0, 0.05) is 131 Å². The van der Waals surface area contributed by atoms with E-state index in [-0.39, 0.29) is 83.1 Å². The molecule has 4 N–H and O–H groups in total. The van der Waals surface area contributed by atoms with E-state index in [9.17, 15) is 81.5 Å². The third-order valence-corrected chi connectivity index (χ3v) is 23.8. The molecule has 586 valence electrons. The van der Waals surface area contributed by atoms with Crippen LogP contribution in [-0.2, 0) is 9.59 Å². The summed E-state index contributed by atoms with van der Waals surface area (Å²) in [6, 6.07) is 26.8. The van der Waals surface area contributed by atoms with Crippen molar-refractivity contribution < 1.29 is 81.5 Å². The van der Waals surface area contributed by atoms with Gasteiger partial charge in [0.25, 0.3) is 23.6 Å². The lowest BCUT2D eigenvalue weighted by Gasteiger charge is -2.29. The third-order valence-electron chi connectivity index (χ3n) is 18.0. The topological polar surface area (TPSA) is 154 Å². The van der Waals surface area contributed by atoms with Crippen LogP contribution in [0.25, 0.3) is 0 Å². The number of nitrogens with zero attached hydrogens (tertiary/aromatic N) is 1. The molecule has 29 heteroatoms. The minimum atomic E-state index is -1.62. The fourth-order valence-electron chi connectivity index (χ4n) is 12.1. The SMILES string of the molecule is CC(=O)CC1CCC(Sc2cc(C(=O)Nc3ccc(F)c(Cl)c3)ccc2F)C1.CC1CCC(Sc2cc(C(=O)Nc3ccc(F)c(Cl)c3)ccc2F)CC1.CCCCCSc1cc(C(=O)Nc2cc(F)c(F)c(F)c2)ccc1F.CN(C)C(=O)C1CCC(Sc2cc(C(=O)Nc3cc(F)c(F)c(F)c3)ccc2F)CC1. The van der Waals surface area contributed by atoms with Gasteiger partial charge >= 0.3 is 0 Å². The van der Waals surface area contributed by atoms with Crippen molar-refractivity contribution in [2.75, 3.05) is 41.1 Å². The van der Waals surface area contributed by atoms with Crippen molar-refractivity contribution in [2.45, 2.75) is 152 Å². The van der Waals surface area contributed by atoms with Crippen LogP contribution >= 0.6 is 70.2 Å². The van der Waals surface area contributed by atoms with Crippen molar-refractivity contribution in [2.24, 2.45) is 17.8 Å². The summed E-state index contributed by atoms with van der Waals surface area (Å²) in [4.78, 5) is 76.0. The van der Waals surface area contributed by atoms with Gasteiger partial charge in [-0.15, -0.1) is 47.0 Å². The number of unbranched alkanes of at least 4 members (excludes halogenated alkanes) is 2. The number of rotatable bonds is 22. The van der Waals surface area contributed by atoms with Crippen molar-refractivity contribution in [3.8, 4) is 0 Å². The van der Waals surface area contributed by atoms with Crippen LogP contribution in [0.1, 0.15) is 159 Å². The third kappa shape index (κ3) is 26.3.